The Labute approximate surface area is 368 Å². The predicted molar refractivity (Wildman–Crippen MR) is 265 cm³/mol. The molecule has 0 spiro atoms. The molecule has 1 aromatic heterocycles. The Morgan fingerprint density at radius 1 is 0.323 bits per heavy atom. The lowest BCUT2D eigenvalue weighted by Crippen LogP contribution is -2.17. The maximum absolute atomic E-state index is 2.48. The summed E-state index contributed by atoms with van der Waals surface area (Å²) in [4.78, 5) is 2.48. The summed E-state index contributed by atoms with van der Waals surface area (Å²) in [5, 5.41) is 2.65. The average molecular weight is 812 g/mol. The van der Waals surface area contributed by atoms with E-state index in [2.05, 4.69) is 233 Å². The highest BCUT2D eigenvalue weighted by Gasteiger charge is 2.37. The Balaban J connectivity index is 1.01. The summed E-state index contributed by atoms with van der Waals surface area (Å²) in [5.41, 5.74) is 21.4. The molecule has 2 aliphatic rings. The van der Waals surface area contributed by atoms with Gasteiger partial charge in [-0.25, -0.2) is 0 Å². The van der Waals surface area contributed by atoms with Crippen LogP contribution >= 0.6 is 11.3 Å². The van der Waals surface area contributed by atoms with Gasteiger partial charge in [0.15, 0.2) is 0 Å². The average Bonchev–Trinajstić information content (AvgIpc) is 3.88. The van der Waals surface area contributed by atoms with Gasteiger partial charge in [-0.2, -0.15) is 0 Å². The summed E-state index contributed by atoms with van der Waals surface area (Å²) in [6.07, 6.45) is 0. The molecule has 0 saturated heterocycles. The summed E-state index contributed by atoms with van der Waals surface area (Å²) in [7, 11) is 0. The normalized spacial score (nSPS) is 14.1. The molecule has 0 amide bonds. The SMILES string of the molecule is CC1(C)c2ccccc2-c2cc(-c3ccccc3-c3ccccc3N(c3ccc(-c4ccc5c(c4)sc4ccccc45)cc3)c3ccc4c(c3)C(C)(C)c3ccccc3-4)ccc21. The number of anilines is 3. The highest BCUT2D eigenvalue weighted by atomic mass is 32.1. The second kappa shape index (κ2) is 13.8. The first-order valence-electron chi connectivity index (χ1n) is 21.8. The van der Waals surface area contributed by atoms with Gasteiger partial charge in [-0.1, -0.05) is 179 Å². The van der Waals surface area contributed by atoms with E-state index < -0.39 is 0 Å². The summed E-state index contributed by atoms with van der Waals surface area (Å²) in [5.74, 6) is 0. The number of nitrogens with zero attached hydrogens (tertiary/aromatic N) is 1. The van der Waals surface area contributed by atoms with Gasteiger partial charge in [0.1, 0.15) is 0 Å². The predicted octanol–water partition coefficient (Wildman–Crippen LogP) is 17.1. The first-order chi connectivity index (χ1) is 30.3. The van der Waals surface area contributed by atoms with E-state index in [4.69, 9.17) is 0 Å². The van der Waals surface area contributed by atoms with E-state index in [0.29, 0.717) is 0 Å². The Morgan fingerprint density at radius 3 is 1.63 bits per heavy atom. The number of benzene rings is 9. The van der Waals surface area contributed by atoms with Crippen LogP contribution in [0.3, 0.4) is 0 Å². The third-order valence-electron chi connectivity index (χ3n) is 13.9. The number of hydrogen-bond donors (Lipinski definition) is 0. The van der Waals surface area contributed by atoms with Crippen molar-refractivity contribution >= 4 is 48.6 Å². The van der Waals surface area contributed by atoms with Crippen LogP contribution in [0.2, 0.25) is 0 Å². The fourth-order valence-electron chi connectivity index (χ4n) is 10.7. The lowest BCUT2D eigenvalue weighted by Gasteiger charge is -2.30. The molecule has 0 atom stereocenters. The fourth-order valence-corrected chi connectivity index (χ4v) is 11.9. The quantitative estimate of drug-likeness (QED) is 0.162. The molecule has 0 bridgehead atoms. The van der Waals surface area contributed by atoms with Gasteiger partial charge in [-0.3, -0.25) is 0 Å². The number of fused-ring (bicyclic) bond motifs is 9. The van der Waals surface area contributed by atoms with Crippen LogP contribution in [0, 0.1) is 0 Å². The number of para-hydroxylation sites is 1. The molecule has 296 valence electrons. The van der Waals surface area contributed by atoms with E-state index in [9.17, 15) is 0 Å². The highest BCUT2D eigenvalue weighted by Crippen LogP contribution is 2.53. The molecular formula is C60H45NS. The minimum absolute atomic E-state index is 0.0379. The molecule has 0 unspecified atom stereocenters. The molecule has 9 aromatic carbocycles. The molecule has 2 heteroatoms. The van der Waals surface area contributed by atoms with Crippen LogP contribution in [0.5, 0.6) is 0 Å². The molecule has 12 rings (SSSR count). The van der Waals surface area contributed by atoms with Crippen LogP contribution < -0.4 is 4.90 Å². The van der Waals surface area contributed by atoms with Gasteiger partial charge in [0.05, 0.1) is 5.69 Å². The number of thiophene rings is 1. The van der Waals surface area contributed by atoms with Crippen LogP contribution in [0.1, 0.15) is 49.9 Å². The van der Waals surface area contributed by atoms with Gasteiger partial charge >= 0.3 is 0 Å². The lowest BCUT2D eigenvalue weighted by molar-refractivity contribution is 0.660. The van der Waals surface area contributed by atoms with Crippen LogP contribution in [-0.2, 0) is 10.8 Å². The number of rotatable bonds is 6. The van der Waals surface area contributed by atoms with Gasteiger partial charge < -0.3 is 4.90 Å². The summed E-state index contributed by atoms with van der Waals surface area (Å²) in [6.45, 7) is 9.44. The second-order valence-electron chi connectivity index (χ2n) is 18.1. The zero-order valence-electron chi connectivity index (χ0n) is 35.4. The second-order valence-corrected chi connectivity index (χ2v) is 19.2. The fraction of sp³-hybridized carbons (Fsp3) is 0.100. The van der Waals surface area contributed by atoms with E-state index in [1.165, 1.54) is 98.1 Å². The largest absolute Gasteiger partial charge is 0.310 e. The Hall–Kier alpha value is -7.00. The van der Waals surface area contributed by atoms with Crippen molar-refractivity contribution in [2.24, 2.45) is 0 Å². The summed E-state index contributed by atoms with van der Waals surface area (Å²) in [6, 6.07) is 74.9. The minimum atomic E-state index is -0.129. The molecule has 10 aromatic rings. The first-order valence-corrected chi connectivity index (χ1v) is 22.6. The molecule has 0 aliphatic heterocycles. The molecule has 2 aliphatic carbocycles. The van der Waals surface area contributed by atoms with Gasteiger partial charge in [0.2, 0.25) is 0 Å². The standard InChI is InChI=1S/C60H45NS/c1-59(2)53-22-12-8-18-46(53)51-35-40(28-34-54(51)59)43-15-5-6-16-44(43)48-19-9-13-23-56(48)61(42-31-33-47-45-17-7-11-21-52(45)60(3,4)55(47)37-42)41-29-25-38(26-30-41)39-27-32-50-49-20-10-14-24-57(49)62-58(50)36-39/h5-37H,1-4H3. The first kappa shape index (κ1) is 36.8. The third kappa shape index (κ3) is 5.53. The van der Waals surface area contributed by atoms with Crippen LogP contribution in [-0.4, -0.2) is 0 Å². The molecule has 1 nitrogen and oxygen atoms in total. The topological polar surface area (TPSA) is 3.24 Å². The maximum atomic E-state index is 2.48. The Kier molecular flexibility index (Phi) is 8.17. The van der Waals surface area contributed by atoms with Gasteiger partial charge in [-0.15, -0.1) is 11.3 Å². The van der Waals surface area contributed by atoms with Crippen LogP contribution in [0.4, 0.5) is 17.1 Å². The van der Waals surface area contributed by atoms with Crippen LogP contribution in [0.15, 0.2) is 200 Å². The van der Waals surface area contributed by atoms with Gasteiger partial charge in [-0.05, 0) is 121 Å². The van der Waals surface area contributed by atoms with Gasteiger partial charge in [0, 0.05) is 47.9 Å². The van der Waals surface area contributed by atoms with Crippen LogP contribution in [0.25, 0.3) is 75.8 Å². The zero-order chi connectivity index (χ0) is 41.7. The summed E-state index contributed by atoms with van der Waals surface area (Å²) >= 11 is 1.87. The van der Waals surface area contributed by atoms with Crippen molar-refractivity contribution in [1.82, 2.24) is 0 Å². The van der Waals surface area contributed by atoms with Crippen molar-refractivity contribution in [3.63, 3.8) is 0 Å². The van der Waals surface area contributed by atoms with E-state index in [1.807, 2.05) is 11.3 Å². The molecule has 0 N–H and O–H groups in total. The molecule has 0 radical (unpaired) electrons. The molecule has 62 heavy (non-hydrogen) atoms. The Bertz CT molecular complexity index is 3420. The Morgan fingerprint density at radius 2 is 0.855 bits per heavy atom. The van der Waals surface area contributed by atoms with Crippen molar-refractivity contribution in [3.8, 4) is 55.6 Å². The van der Waals surface area contributed by atoms with Crippen molar-refractivity contribution < 1.29 is 0 Å². The van der Waals surface area contributed by atoms with Crippen molar-refractivity contribution in [2.75, 3.05) is 4.90 Å². The van der Waals surface area contributed by atoms with E-state index >= 15 is 0 Å². The van der Waals surface area contributed by atoms with Crippen molar-refractivity contribution in [3.05, 3.63) is 222 Å². The van der Waals surface area contributed by atoms with Crippen molar-refractivity contribution in [2.45, 2.75) is 38.5 Å². The molecule has 0 fully saturated rings. The van der Waals surface area contributed by atoms with E-state index in [0.717, 1.165) is 17.1 Å². The zero-order valence-corrected chi connectivity index (χ0v) is 36.2. The lowest BCUT2D eigenvalue weighted by atomic mass is 9.82. The monoisotopic (exact) mass is 811 g/mol. The van der Waals surface area contributed by atoms with E-state index in [-0.39, 0.29) is 10.8 Å². The van der Waals surface area contributed by atoms with Crippen molar-refractivity contribution in [1.29, 1.82) is 0 Å². The van der Waals surface area contributed by atoms with E-state index in [1.54, 1.807) is 0 Å². The highest BCUT2D eigenvalue weighted by molar-refractivity contribution is 7.25. The minimum Gasteiger partial charge on any atom is -0.310 e. The maximum Gasteiger partial charge on any atom is 0.0540 e. The molecule has 1 heterocycles. The third-order valence-corrected chi connectivity index (χ3v) is 15.1. The number of hydrogen-bond acceptors (Lipinski definition) is 2. The van der Waals surface area contributed by atoms with Gasteiger partial charge in [0.25, 0.3) is 0 Å². The summed E-state index contributed by atoms with van der Waals surface area (Å²) < 4.78 is 2.65. The molecular weight excluding hydrogens is 767 g/mol. The molecule has 0 saturated carbocycles. The smallest absolute Gasteiger partial charge is 0.0540 e.